The van der Waals surface area contributed by atoms with Gasteiger partial charge in [0.05, 0.1) is 5.75 Å². The van der Waals surface area contributed by atoms with Crippen LogP contribution in [-0.2, 0) is 4.79 Å². The van der Waals surface area contributed by atoms with Crippen molar-refractivity contribution >= 4 is 23.4 Å². The number of rotatable bonds is 5. The van der Waals surface area contributed by atoms with Gasteiger partial charge < -0.3 is 11.1 Å². The van der Waals surface area contributed by atoms with E-state index in [9.17, 15) is 4.79 Å². The number of anilines is 1. The highest BCUT2D eigenvalue weighted by Crippen LogP contribution is 2.17. The van der Waals surface area contributed by atoms with Crippen LogP contribution in [0, 0.1) is 13.8 Å². The first-order chi connectivity index (χ1) is 8.28. The van der Waals surface area contributed by atoms with Crippen LogP contribution in [0.5, 0.6) is 0 Å². The van der Waals surface area contributed by atoms with Crippen molar-refractivity contribution in [3.8, 4) is 0 Å². The zero-order valence-electron chi connectivity index (χ0n) is 11.5. The number of thioether (sulfide) groups is 1. The van der Waals surface area contributed by atoms with Gasteiger partial charge in [-0.05, 0) is 39.3 Å². The SMILES string of the molecule is Cc1ccc(NC(=O)CSCC(C)(C)N)c(C)c1. The maximum atomic E-state index is 11.8. The van der Waals surface area contributed by atoms with Crippen molar-refractivity contribution in [2.24, 2.45) is 5.73 Å². The van der Waals surface area contributed by atoms with Gasteiger partial charge in [0.1, 0.15) is 0 Å². The number of amides is 1. The molecule has 0 atom stereocenters. The molecule has 100 valence electrons. The minimum Gasteiger partial charge on any atom is -0.325 e. The van der Waals surface area contributed by atoms with Crippen molar-refractivity contribution in [2.45, 2.75) is 33.2 Å². The van der Waals surface area contributed by atoms with Crippen molar-refractivity contribution in [2.75, 3.05) is 16.8 Å². The summed E-state index contributed by atoms with van der Waals surface area (Å²) in [6.07, 6.45) is 0. The Bertz CT molecular complexity index is 424. The predicted molar refractivity (Wildman–Crippen MR) is 80.1 cm³/mol. The molecule has 0 unspecified atom stereocenters. The molecule has 1 rings (SSSR count). The zero-order chi connectivity index (χ0) is 13.8. The van der Waals surface area contributed by atoms with Crippen LogP contribution in [0.15, 0.2) is 18.2 Å². The molecule has 0 spiro atoms. The molecular weight excluding hydrogens is 244 g/mol. The van der Waals surface area contributed by atoms with Gasteiger partial charge >= 0.3 is 0 Å². The number of benzene rings is 1. The quantitative estimate of drug-likeness (QED) is 0.861. The minimum absolute atomic E-state index is 0.0243. The Balaban J connectivity index is 2.45. The van der Waals surface area contributed by atoms with E-state index in [0.29, 0.717) is 5.75 Å². The molecule has 0 fully saturated rings. The normalized spacial score (nSPS) is 11.4. The van der Waals surface area contributed by atoms with Crippen molar-refractivity contribution < 1.29 is 4.79 Å². The topological polar surface area (TPSA) is 55.1 Å². The lowest BCUT2D eigenvalue weighted by molar-refractivity contribution is -0.113. The Morgan fingerprint density at radius 1 is 1.39 bits per heavy atom. The molecule has 0 bridgehead atoms. The van der Waals surface area contributed by atoms with Crippen molar-refractivity contribution in [3.05, 3.63) is 29.3 Å². The van der Waals surface area contributed by atoms with Gasteiger partial charge in [-0.3, -0.25) is 4.79 Å². The second-order valence-corrected chi connectivity index (χ2v) is 6.33. The fourth-order valence-corrected chi connectivity index (χ4v) is 2.43. The van der Waals surface area contributed by atoms with Crippen molar-refractivity contribution in [1.82, 2.24) is 0 Å². The summed E-state index contributed by atoms with van der Waals surface area (Å²) in [6.45, 7) is 7.96. The van der Waals surface area contributed by atoms with E-state index in [0.717, 1.165) is 17.0 Å². The number of aryl methyl sites for hydroxylation is 2. The van der Waals surface area contributed by atoms with E-state index in [1.165, 1.54) is 5.56 Å². The summed E-state index contributed by atoms with van der Waals surface area (Å²) in [7, 11) is 0. The van der Waals surface area contributed by atoms with Gasteiger partial charge in [0.15, 0.2) is 0 Å². The number of hydrogen-bond donors (Lipinski definition) is 2. The van der Waals surface area contributed by atoms with E-state index in [1.807, 2.05) is 39.8 Å². The monoisotopic (exact) mass is 266 g/mol. The molecule has 1 aromatic rings. The Morgan fingerprint density at radius 2 is 2.06 bits per heavy atom. The molecule has 18 heavy (non-hydrogen) atoms. The average molecular weight is 266 g/mol. The van der Waals surface area contributed by atoms with Crippen molar-refractivity contribution in [1.29, 1.82) is 0 Å². The zero-order valence-corrected chi connectivity index (χ0v) is 12.4. The molecule has 3 nitrogen and oxygen atoms in total. The first-order valence-corrected chi connectivity index (χ1v) is 7.17. The minimum atomic E-state index is -0.231. The fourth-order valence-electron chi connectivity index (χ4n) is 1.55. The van der Waals surface area contributed by atoms with Crippen LogP contribution in [0.4, 0.5) is 5.69 Å². The molecule has 0 aliphatic heterocycles. The maximum absolute atomic E-state index is 11.8. The van der Waals surface area contributed by atoms with Gasteiger partial charge in [-0.15, -0.1) is 0 Å². The number of carbonyl (C=O) groups excluding carboxylic acids is 1. The Kier molecular flexibility index (Phi) is 5.23. The van der Waals surface area contributed by atoms with Crippen LogP contribution < -0.4 is 11.1 Å². The van der Waals surface area contributed by atoms with Gasteiger partial charge in [0, 0.05) is 17.0 Å². The summed E-state index contributed by atoms with van der Waals surface area (Å²) in [5.41, 5.74) is 8.81. The van der Waals surface area contributed by atoms with E-state index in [4.69, 9.17) is 5.73 Å². The summed E-state index contributed by atoms with van der Waals surface area (Å²) < 4.78 is 0. The van der Waals surface area contributed by atoms with Crippen molar-refractivity contribution in [3.63, 3.8) is 0 Å². The standard InChI is InChI=1S/C14H22N2OS/c1-10-5-6-12(11(2)7-10)16-13(17)8-18-9-14(3,4)15/h5-7H,8-9,15H2,1-4H3,(H,16,17). The highest BCUT2D eigenvalue weighted by Gasteiger charge is 2.12. The van der Waals surface area contributed by atoms with Crippen LogP contribution in [-0.4, -0.2) is 23.0 Å². The molecule has 0 aromatic heterocycles. The third kappa shape index (κ3) is 5.56. The lowest BCUT2D eigenvalue weighted by Gasteiger charge is -2.17. The van der Waals surface area contributed by atoms with Crippen LogP contribution in [0.2, 0.25) is 0 Å². The smallest absolute Gasteiger partial charge is 0.234 e. The number of nitrogens with one attached hydrogen (secondary N) is 1. The molecule has 1 amide bonds. The van der Waals surface area contributed by atoms with E-state index in [2.05, 4.69) is 11.4 Å². The summed E-state index contributed by atoms with van der Waals surface area (Å²) in [6, 6.07) is 6.00. The molecule has 3 N–H and O–H groups in total. The van der Waals surface area contributed by atoms with Crippen LogP contribution in [0.25, 0.3) is 0 Å². The third-order valence-electron chi connectivity index (χ3n) is 2.36. The highest BCUT2D eigenvalue weighted by molar-refractivity contribution is 8.00. The molecule has 0 aliphatic rings. The molecule has 4 heteroatoms. The molecular formula is C14H22N2OS. The Hall–Kier alpha value is -1.00. The van der Waals surface area contributed by atoms with E-state index >= 15 is 0 Å². The number of hydrogen-bond acceptors (Lipinski definition) is 3. The summed E-state index contributed by atoms with van der Waals surface area (Å²) in [5, 5.41) is 2.92. The Labute approximate surface area is 114 Å². The van der Waals surface area contributed by atoms with Crippen LogP contribution >= 0.6 is 11.8 Å². The largest absolute Gasteiger partial charge is 0.325 e. The first kappa shape index (κ1) is 15.1. The summed E-state index contributed by atoms with van der Waals surface area (Å²) in [4.78, 5) is 11.8. The Morgan fingerprint density at radius 3 is 2.61 bits per heavy atom. The molecule has 1 aromatic carbocycles. The van der Waals surface area contributed by atoms with Gasteiger partial charge in [-0.1, -0.05) is 17.7 Å². The van der Waals surface area contributed by atoms with Gasteiger partial charge in [0.2, 0.25) is 5.91 Å². The lowest BCUT2D eigenvalue weighted by atomic mass is 10.1. The average Bonchev–Trinajstić information content (AvgIpc) is 2.20. The maximum Gasteiger partial charge on any atom is 0.234 e. The predicted octanol–water partition coefficient (Wildman–Crippen LogP) is 2.71. The molecule has 0 radical (unpaired) electrons. The highest BCUT2D eigenvalue weighted by atomic mass is 32.2. The molecule has 0 saturated carbocycles. The third-order valence-corrected chi connectivity index (χ3v) is 3.78. The van der Waals surface area contributed by atoms with E-state index < -0.39 is 0 Å². The van der Waals surface area contributed by atoms with E-state index in [-0.39, 0.29) is 11.4 Å². The van der Waals surface area contributed by atoms with Crippen LogP contribution in [0.1, 0.15) is 25.0 Å². The van der Waals surface area contributed by atoms with Gasteiger partial charge in [0.25, 0.3) is 0 Å². The summed E-state index contributed by atoms with van der Waals surface area (Å²) in [5.74, 6) is 1.23. The first-order valence-electron chi connectivity index (χ1n) is 6.02. The lowest BCUT2D eigenvalue weighted by Crippen LogP contribution is -2.35. The molecule has 0 aliphatic carbocycles. The van der Waals surface area contributed by atoms with E-state index in [1.54, 1.807) is 11.8 Å². The van der Waals surface area contributed by atoms with Gasteiger partial charge in [-0.2, -0.15) is 11.8 Å². The molecule has 0 saturated heterocycles. The fraction of sp³-hybridized carbons (Fsp3) is 0.500. The number of carbonyl (C=O) groups is 1. The van der Waals surface area contributed by atoms with Crippen LogP contribution in [0.3, 0.4) is 0 Å². The van der Waals surface area contributed by atoms with Gasteiger partial charge in [-0.25, -0.2) is 0 Å². The second-order valence-electron chi connectivity index (χ2n) is 5.35. The second kappa shape index (κ2) is 6.25. The summed E-state index contributed by atoms with van der Waals surface area (Å²) >= 11 is 1.56. The molecule has 0 heterocycles. The number of nitrogens with two attached hydrogens (primary N) is 1.